The van der Waals surface area contributed by atoms with Gasteiger partial charge in [-0.25, -0.2) is 0 Å². The highest BCUT2D eigenvalue weighted by Crippen LogP contribution is 1.87. The van der Waals surface area contributed by atoms with Crippen LogP contribution in [0.2, 0.25) is 0 Å². The third-order valence-corrected chi connectivity index (χ3v) is 1.13. The second-order valence-electron chi connectivity index (χ2n) is 1.64. The Kier molecular flexibility index (Phi) is 3.69. The number of rotatable bonds is 4. The number of nitrogens with zero attached hydrogens (tertiary/aromatic N) is 1. The fraction of sp³-hybridized carbons (Fsp3) is 0.500. The number of carbonyl (C=O) groups is 2. The van der Waals surface area contributed by atoms with Crippen molar-refractivity contribution in [2.45, 2.75) is 12.8 Å². The van der Waals surface area contributed by atoms with Crippen molar-refractivity contribution in [2.24, 2.45) is 0 Å². The van der Waals surface area contributed by atoms with Gasteiger partial charge in [0.1, 0.15) is 6.29 Å². The number of aldehydes is 1. The second-order valence-corrected chi connectivity index (χ2v) is 2.72. The largest absolute Gasteiger partial charge is 0.381 e. The van der Waals surface area contributed by atoms with Crippen LogP contribution in [-0.2, 0) is 19.9 Å². The minimum absolute atomic E-state index is 0.0994. The molecule has 0 heterocycles. The van der Waals surface area contributed by atoms with Crippen molar-refractivity contribution in [3.05, 3.63) is 0 Å². The van der Waals surface area contributed by atoms with Crippen molar-refractivity contribution < 1.29 is 22.6 Å². The molecular weight excluding hydrogens is 174 g/mol. The maximum Gasteiger partial charge on any atom is 0.381 e. The van der Waals surface area contributed by atoms with E-state index in [9.17, 15) is 18.0 Å². The molecule has 0 aliphatic heterocycles. The van der Waals surface area contributed by atoms with E-state index >= 15 is 0 Å². The van der Waals surface area contributed by atoms with Crippen LogP contribution in [0.25, 0.3) is 0 Å². The molecule has 0 atom stereocenters. The lowest BCUT2D eigenvalue weighted by atomic mass is 10.3. The van der Waals surface area contributed by atoms with Crippen molar-refractivity contribution in [2.75, 3.05) is 0 Å². The number of amides is 1. The third-order valence-electron chi connectivity index (χ3n) is 0.693. The van der Waals surface area contributed by atoms with E-state index in [1.807, 2.05) is 0 Å². The standard InChI is InChI=1S/C4H6NO5S/c6-3-1-2-4(7)5-11(8,9)10/h3H,1-2H2,(H,8,9,10). The molecule has 0 aliphatic carbocycles. The van der Waals surface area contributed by atoms with Gasteiger partial charge in [-0.1, -0.05) is 0 Å². The Morgan fingerprint density at radius 2 is 2.09 bits per heavy atom. The first kappa shape index (κ1) is 10.0. The summed E-state index contributed by atoms with van der Waals surface area (Å²) >= 11 is 0. The van der Waals surface area contributed by atoms with Crippen molar-refractivity contribution >= 4 is 22.5 Å². The monoisotopic (exact) mass is 180 g/mol. The lowest BCUT2D eigenvalue weighted by molar-refractivity contribution is -0.121. The van der Waals surface area contributed by atoms with Gasteiger partial charge in [-0.3, -0.25) is 9.35 Å². The van der Waals surface area contributed by atoms with Crippen LogP contribution in [0.1, 0.15) is 12.8 Å². The molecule has 1 N–H and O–H groups in total. The molecule has 0 aromatic heterocycles. The highest BCUT2D eigenvalue weighted by molar-refractivity contribution is 7.84. The molecule has 63 valence electrons. The van der Waals surface area contributed by atoms with E-state index < -0.39 is 16.2 Å². The maximum absolute atomic E-state index is 10.4. The molecule has 1 radical (unpaired) electrons. The van der Waals surface area contributed by atoms with Crippen molar-refractivity contribution in [1.82, 2.24) is 4.72 Å². The smallest absolute Gasteiger partial charge is 0.303 e. The Morgan fingerprint density at radius 3 is 2.45 bits per heavy atom. The summed E-state index contributed by atoms with van der Waals surface area (Å²) in [4.78, 5) is 20.0. The van der Waals surface area contributed by atoms with Crippen LogP contribution in [0.3, 0.4) is 0 Å². The highest BCUT2D eigenvalue weighted by atomic mass is 32.2. The van der Waals surface area contributed by atoms with E-state index in [1.165, 1.54) is 0 Å². The Labute approximate surface area is 63.5 Å². The summed E-state index contributed by atoms with van der Waals surface area (Å²) < 4.78 is 30.1. The summed E-state index contributed by atoms with van der Waals surface area (Å²) in [5, 5.41) is 0. The van der Waals surface area contributed by atoms with Gasteiger partial charge in [-0.2, -0.15) is 8.42 Å². The summed E-state index contributed by atoms with van der Waals surface area (Å²) in [5.74, 6) is -1.03. The molecule has 0 aromatic rings. The highest BCUT2D eigenvalue weighted by Gasteiger charge is 2.12. The first-order valence-electron chi connectivity index (χ1n) is 2.62. The molecule has 0 rings (SSSR count). The first-order chi connectivity index (χ1) is 4.95. The van der Waals surface area contributed by atoms with E-state index in [1.54, 1.807) is 0 Å². The van der Waals surface area contributed by atoms with E-state index in [-0.39, 0.29) is 12.8 Å². The van der Waals surface area contributed by atoms with Crippen LogP contribution in [0.15, 0.2) is 0 Å². The Hall–Kier alpha value is -0.950. The summed E-state index contributed by atoms with van der Waals surface area (Å²) in [5.41, 5.74) is 0. The molecular formula is C4H6NO5S. The topological polar surface area (TPSA) is 103 Å². The Balaban J connectivity index is 3.80. The number of hydrogen-bond donors (Lipinski definition) is 1. The SMILES string of the molecule is O=CCCC(=O)[N]S(=O)(=O)O. The quantitative estimate of drug-likeness (QED) is 0.437. The molecule has 0 bridgehead atoms. The van der Waals surface area contributed by atoms with Gasteiger partial charge < -0.3 is 4.79 Å². The van der Waals surface area contributed by atoms with Gasteiger partial charge in [0.05, 0.1) is 0 Å². The number of hydrogen-bond acceptors (Lipinski definition) is 4. The lowest BCUT2D eigenvalue weighted by Crippen LogP contribution is -2.22. The zero-order chi connectivity index (χ0) is 8.91. The number of carbonyl (C=O) groups excluding carboxylic acids is 2. The molecule has 0 saturated carbocycles. The van der Waals surface area contributed by atoms with E-state index in [2.05, 4.69) is 4.72 Å². The average molecular weight is 180 g/mol. The molecule has 0 aliphatic rings. The molecule has 7 heteroatoms. The van der Waals surface area contributed by atoms with Crippen LogP contribution < -0.4 is 4.72 Å². The van der Waals surface area contributed by atoms with Crippen molar-refractivity contribution in [1.29, 1.82) is 0 Å². The Bertz CT molecular complexity index is 243. The Morgan fingerprint density at radius 1 is 1.55 bits per heavy atom. The van der Waals surface area contributed by atoms with Crippen LogP contribution in [0, 0.1) is 0 Å². The minimum Gasteiger partial charge on any atom is -0.303 e. The van der Waals surface area contributed by atoms with Crippen LogP contribution in [0.5, 0.6) is 0 Å². The normalized spacial score (nSPS) is 10.6. The molecule has 0 fully saturated rings. The molecule has 0 spiro atoms. The van der Waals surface area contributed by atoms with Crippen molar-refractivity contribution in [3.63, 3.8) is 0 Å². The van der Waals surface area contributed by atoms with Crippen LogP contribution in [-0.4, -0.2) is 25.2 Å². The predicted octanol–water partition coefficient (Wildman–Crippen LogP) is -1.10. The minimum atomic E-state index is -4.59. The van der Waals surface area contributed by atoms with E-state index in [0.717, 1.165) is 0 Å². The first-order valence-corrected chi connectivity index (χ1v) is 4.02. The zero-order valence-electron chi connectivity index (χ0n) is 5.43. The third kappa shape index (κ3) is 6.94. The van der Waals surface area contributed by atoms with Crippen molar-refractivity contribution in [3.8, 4) is 0 Å². The zero-order valence-corrected chi connectivity index (χ0v) is 6.24. The average Bonchev–Trinajstić information content (AvgIpc) is 1.79. The summed E-state index contributed by atoms with van der Waals surface area (Å²) in [6.07, 6.45) is 0.0541. The maximum atomic E-state index is 10.4. The van der Waals surface area contributed by atoms with Gasteiger partial charge in [-0.05, 0) is 0 Å². The molecule has 1 amide bonds. The van der Waals surface area contributed by atoms with Gasteiger partial charge in [0, 0.05) is 12.8 Å². The van der Waals surface area contributed by atoms with E-state index in [4.69, 9.17) is 4.55 Å². The van der Waals surface area contributed by atoms with Gasteiger partial charge in [-0.15, -0.1) is 4.72 Å². The molecule has 6 nitrogen and oxygen atoms in total. The van der Waals surface area contributed by atoms with E-state index in [0.29, 0.717) is 6.29 Å². The van der Waals surface area contributed by atoms with Gasteiger partial charge in [0.15, 0.2) is 0 Å². The lowest BCUT2D eigenvalue weighted by Gasteiger charge is -1.92. The van der Waals surface area contributed by atoms with Gasteiger partial charge in [0.2, 0.25) is 0 Å². The molecule has 0 saturated heterocycles. The van der Waals surface area contributed by atoms with Gasteiger partial charge in [0.25, 0.3) is 5.91 Å². The fourth-order valence-corrected chi connectivity index (χ4v) is 0.705. The predicted molar refractivity (Wildman–Crippen MR) is 34.0 cm³/mol. The molecule has 0 aromatic carbocycles. The summed E-state index contributed by atoms with van der Waals surface area (Å²) in [6, 6.07) is 0. The molecule has 0 unspecified atom stereocenters. The fourth-order valence-electron chi connectivity index (χ4n) is 0.357. The second kappa shape index (κ2) is 4.04. The molecule has 11 heavy (non-hydrogen) atoms. The van der Waals surface area contributed by atoms with Gasteiger partial charge >= 0.3 is 10.3 Å². The van der Waals surface area contributed by atoms with Crippen LogP contribution in [0.4, 0.5) is 0 Å². The van der Waals surface area contributed by atoms with Crippen LogP contribution >= 0.6 is 0 Å². The summed E-state index contributed by atoms with van der Waals surface area (Å²) in [7, 11) is -4.59. The summed E-state index contributed by atoms with van der Waals surface area (Å²) in [6.45, 7) is 0.